The highest BCUT2D eigenvalue weighted by atomic mass is 32.2. The molecule has 1 aromatic heterocycles. The predicted molar refractivity (Wildman–Crippen MR) is 106 cm³/mol. The van der Waals surface area contributed by atoms with Gasteiger partial charge in [-0.15, -0.1) is 0 Å². The number of benzene rings is 2. The smallest absolute Gasteiger partial charge is 0.271 e. The number of rotatable bonds is 4. The summed E-state index contributed by atoms with van der Waals surface area (Å²) in [4.78, 5) is -0.0514. The molecule has 1 heterocycles. The van der Waals surface area contributed by atoms with Crippen LogP contribution in [0, 0.1) is 11.8 Å². The number of halogens is 3. The summed E-state index contributed by atoms with van der Waals surface area (Å²) in [6.45, 7) is 0. The van der Waals surface area contributed by atoms with Crippen molar-refractivity contribution in [3.8, 4) is 11.8 Å². The second-order valence-electron chi connectivity index (χ2n) is 6.61. The van der Waals surface area contributed by atoms with Crippen LogP contribution in [0.1, 0.15) is 27.9 Å². The fourth-order valence-electron chi connectivity index (χ4n) is 3.02. The van der Waals surface area contributed by atoms with Crippen LogP contribution >= 0.6 is 0 Å². The van der Waals surface area contributed by atoms with Gasteiger partial charge in [-0.1, -0.05) is 36.1 Å². The highest BCUT2D eigenvalue weighted by molar-refractivity contribution is 7.89. The topological polar surface area (TPSA) is 78.0 Å². The standard InChI is InChI=1S/C21H18F3N3O2S/c1-27-20(12-11-16-6-2-3-8-19(16)21(22,23)24)17(14-26-27)10-9-15-5-4-7-18(13-15)30(25,28)29/h2-8,13-14H,11-12H2,1H3,(H2,25,28,29). The van der Waals surface area contributed by atoms with Crippen molar-refractivity contribution in [1.29, 1.82) is 0 Å². The van der Waals surface area contributed by atoms with Crippen LogP contribution in [0.3, 0.4) is 0 Å². The first kappa shape index (κ1) is 21.6. The molecule has 0 radical (unpaired) electrons. The van der Waals surface area contributed by atoms with Crippen LogP contribution < -0.4 is 5.14 Å². The second kappa shape index (κ2) is 8.34. The summed E-state index contributed by atoms with van der Waals surface area (Å²) in [5.41, 5.74) is 1.23. The first-order valence-electron chi connectivity index (χ1n) is 8.86. The lowest BCUT2D eigenvalue weighted by molar-refractivity contribution is -0.138. The summed E-state index contributed by atoms with van der Waals surface area (Å²) < 4.78 is 64.1. The molecule has 0 saturated carbocycles. The Hall–Kier alpha value is -3.09. The molecule has 0 atom stereocenters. The molecule has 0 aliphatic rings. The quantitative estimate of drug-likeness (QED) is 0.642. The van der Waals surface area contributed by atoms with Gasteiger partial charge in [-0.2, -0.15) is 18.3 Å². The van der Waals surface area contributed by atoms with Gasteiger partial charge in [0.05, 0.1) is 27.9 Å². The van der Waals surface area contributed by atoms with Crippen LogP contribution in [0.25, 0.3) is 0 Å². The number of aryl methyl sites for hydroxylation is 2. The van der Waals surface area contributed by atoms with E-state index >= 15 is 0 Å². The molecule has 9 heteroatoms. The highest BCUT2D eigenvalue weighted by Crippen LogP contribution is 2.32. The number of primary sulfonamides is 1. The fraction of sp³-hybridized carbons (Fsp3) is 0.190. The van der Waals surface area contributed by atoms with Crippen molar-refractivity contribution in [2.75, 3.05) is 0 Å². The third-order valence-electron chi connectivity index (χ3n) is 4.52. The maximum absolute atomic E-state index is 13.2. The van der Waals surface area contributed by atoms with Gasteiger partial charge in [0, 0.05) is 12.6 Å². The minimum absolute atomic E-state index is 0.0514. The van der Waals surface area contributed by atoms with E-state index in [9.17, 15) is 21.6 Å². The molecule has 0 amide bonds. The van der Waals surface area contributed by atoms with E-state index in [0.717, 1.165) is 6.07 Å². The van der Waals surface area contributed by atoms with Crippen molar-refractivity contribution in [2.45, 2.75) is 23.9 Å². The maximum Gasteiger partial charge on any atom is 0.416 e. The second-order valence-corrected chi connectivity index (χ2v) is 8.17. The minimum atomic E-state index is -4.42. The maximum atomic E-state index is 13.2. The molecular weight excluding hydrogens is 415 g/mol. The van der Waals surface area contributed by atoms with Crippen LogP contribution in [-0.2, 0) is 36.1 Å². The molecule has 0 bridgehead atoms. The van der Waals surface area contributed by atoms with Crippen LogP contribution in [-0.4, -0.2) is 18.2 Å². The van der Waals surface area contributed by atoms with E-state index in [1.54, 1.807) is 23.9 Å². The first-order valence-corrected chi connectivity index (χ1v) is 10.4. The van der Waals surface area contributed by atoms with Gasteiger partial charge >= 0.3 is 6.18 Å². The van der Waals surface area contributed by atoms with E-state index < -0.39 is 21.8 Å². The van der Waals surface area contributed by atoms with Crippen LogP contribution in [0.15, 0.2) is 59.6 Å². The van der Waals surface area contributed by atoms with Gasteiger partial charge in [-0.25, -0.2) is 13.6 Å². The zero-order valence-electron chi connectivity index (χ0n) is 15.9. The average molecular weight is 433 g/mol. The Kier molecular flexibility index (Phi) is 6.01. The Balaban J connectivity index is 1.86. The van der Waals surface area contributed by atoms with Gasteiger partial charge in [0.15, 0.2) is 0 Å². The molecule has 0 saturated heterocycles. The first-order chi connectivity index (χ1) is 14.1. The van der Waals surface area contributed by atoms with Gasteiger partial charge in [0.1, 0.15) is 0 Å². The molecule has 0 aliphatic carbocycles. The third kappa shape index (κ3) is 5.09. The molecular formula is C21H18F3N3O2S. The monoisotopic (exact) mass is 433 g/mol. The highest BCUT2D eigenvalue weighted by Gasteiger charge is 2.32. The molecule has 0 aliphatic heterocycles. The van der Waals surface area contributed by atoms with E-state index in [4.69, 9.17) is 5.14 Å². The Morgan fingerprint density at radius 2 is 1.80 bits per heavy atom. The number of nitrogens with zero attached hydrogens (tertiary/aromatic N) is 2. The summed E-state index contributed by atoms with van der Waals surface area (Å²) in [6, 6.07) is 11.4. The molecule has 5 nitrogen and oxygen atoms in total. The summed E-state index contributed by atoms with van der Waals surface area (Å²) >= 11 is 0. The van der Waals surface area contributed by atoms with E-state index in [2.05, 4.69) is 16.9 Å². The van der Waals surface area contributed by atoms with Crippen molar-refractivity contribution >= 4 is 10.0 Å². The molecule has 0 fully saturated rings. The fourth-order valence-corrected chi connectivity index (χ4v) is 3.58. The molecule has 30 heavy (non-hydrogen) atoms. The molecule has 2 aromatic carbocycles. The van der Waals surface area contributed by atoms with Crippen molar-refractivity contribution in [1.82, 2.24) is 9.78 Å². The van der Waals surface area contributed by atoms with Crippen LogP contribution in [0.5, 0.6) is 0 Å². The molecule has 0 spiro atoms. The van der Waals surface area contributed by atoms with Gasteiger partial charge in [-0.05, 0) is 42.7 Å². The van der Waals surface area contributed by atoms with Crippen molar-refractivity contribution < 1.29 is 21.6 Å². The lowest BCUT2D eigenvalue weighted by Gasteiger charge is -2.12. The van der Waals surface area contributed by atoms with E-state index in [1.807, 2.05) is 0 Å². The average Bonchev–Trinajstić information content (AvgIpc) is 3.03. The molecule has 2 N–H and O–H groups in total. The van der Waals surface area contributed by atoms with Crippen molar-refractivity contribution in [3.05, 3.63) is 82.7 Å². The summed E-state index contributed by atoms with van der Waals surface area (Å²) in [7, 11) is -2.15. The Morgan fingerprint density at radius 3 is 2.50 bits per heavy atom. The summed E-state index contributed by atoms with van der Waals surface area (Å²) in [5, 5.41) is 9.27. The Morgan fingerprint density at radius 1 is 1.07 bits per heavy atom. The number of hydrogen-bond acceptors (Lipinski definition) is 3. The molecule has 0 unspecified atom stereocenters. The van der Waals surface area contributed by atoms with Crippen molar-refractivity contribution in [3.63, 3.8) is 0 Å². The van der Waals surface area contributed by atoms with Crippen LogP contribution in [0.2, 0.25) is 0 Å². The third-order valence-corrected chi connectivity index (χ3v) is 5.43. The van der Waals surface area contributed by atoms with Gasteiger partial charge < -0.3 is 0 Å². The Labute approximate surface area is 172 Å². The number of aromatic nitrogens is 2. The number of sulfonamides is 1. The minimum Gasteiger partial charge on any atom is -0.271 e. The van der Waals surface area contributed by atoms with Crippen molar-refractivity contribution in [2.24, 2.45) is 12.2 Å². The van der Waals surface area contributed by atoms with Gasteiger partial charge in [-0.3, -0.25) is 4.68 Å². The summed E-state index contributed by atoms with van der Waals surface area (Å²) in [6.07, 6.45) is -2.41. The lowest BCUT2D eigenvalue weighted by Crippen LogP contribution is -2.12. The predicted octanol–water partition coefficient (Wildman–Crippen LogP) is 3.27. The Bertz CT molecular complexity index is 1240. The molecule has 156 valence electrons. The molecule has 3 rings (SSSR count). The van der Waals surface area contributed by atoms with E-state index in [0.29, 0.717) is 23.2 Å². The lowest BCUT2D eigenvalue weighted by atomic mass is 10.0. The van der Waals surface area contributed by atoms with E-state index in [1.165, 1.54) is 36.5 Å². The zero-order chi connectivity index (χ0) is 21.9. The van der Waals surface area contributed by atoms with Crippen LogP contribution in [0.4, 0.5) is 13.2 Å². The summed E-state index contributed by atoms with van der Waals surface area (Å²) in [5.74, 6) is 5.78. The normalized spacial score (nSPS) is 11.8. The number of alkyl halides is 3. The molecule has 3 aromatic rings. The van der Waals surface area contributed by atoms with Gasteiger partial charge in [0.25, 0.3) is 0 Å². The number of nitrogens with two attached hydrogens (primary N) is 1. The zero-order valence-corrected chi connectivity index (χ0v) is 16.8. The SMILES string of the molecule is Cn1ncc(C#Cc2cccc(S(N)(=O)=O)c2)c1CCc1ccccc1C(F)(F)F. The number of hydrogen-bond donors (Lipinski definition) is 1. The largest absolute Gasteiger partial charge is 0.416 e. The van der Waals surface area contributed by atoms with Gasteiger partial charge in [0.2, 0.25) is 10.0 Å². The van der Waals surface area contributed by atoms with E-state index in [-0.39, 0.29) is 16.9 Å².